The number of nitrogens with one attached hydrogen (secondary N) is 1. The highest BCUT2D eigenvalue weighted by atomic mass is 32.2. The Morgan fingerprint density at radius 3 is 2.44 bits per heavy atom. The van der Waals surface area contributed by atoms with Crippen LogP contribution in [-0.4, -0.2) is 65.0 Å². The SMILES string of the molecule is CCN(CC)S(=O)(=O)c1ccc(N2CCCC2)c(NC(=O)Cn2nnc(-c3ccccc3)n2)c1. The lowest BCUT2D eigenvalue weighted by Crippen LogP contribution is -2.31. The van der Waals surface area contributed by atoms with Gasteiger partial charge in [0.15, 0.2) is 0 Å². The highest BCUT2D eigenvalue weighted by molar-refractivity contribution is 7.89. The van der Waals surface area contributed by atoms with Crippen molar-refractivity contribution in [3.63, 3.8) is 0 Å². The zero-order valence-corrected chi connectivity index (χ0v) is 20.2. The van der Waals surface area contributed by atoms with Crippen LogP contribution in [0.25, 0.3) is 11.4 Å². The third-order valence-corrected chi connectivity index (χ3v) is 7.85. The highest BCUT2D eigenvalue weighted by Gasteiger charge is 2.25. The molecule has 1 amide bonds. The summed E-state index contributed by atoms with van der Waals surface area (Å²) in [6.07, 6.45) is 2.11. The topological polar surface area (TPSA) is 113 Å². The van der Waals surface area contributed by atoms with Gasteiger partial charge in [-0.05, 0) is 36.3 Å². The maximum atomic E-state index is 13.1. The van der Waals surface area contributed by atoms with Crippen LogP contribution in [0.1, 0.15) is 26.7 Å². The molecule has 10 nitrogen and oxygen atoms in total. The Kier molecular flexibility index (Phi) is 7.23. The van der Waals surface area contributed by atoms with Crippen molar-refractivity contribution in [2.45, 2.75) is 38.1 Å². The normalized spacial score (nSPS) is 14.0. The molecule has 2 aromatic carbocycles. The molecular weight excluding hydrogens is 454 g/mol. The van der Waals surface area contributed by atoms with Gasteiger partial charge in [-0.25, -0.2) is 8.42 Å². The van der Waals surface area contributed by atoms with Crippen LogP contribution in [0.3, 0.4) is 0 Å². The first-order valence-electron chi connectivity index (χ1n) is 11.4. The van der Waals surface area contributed by atoms with Gasteiger partial charge in [-0.2, -0.15) is 9.10 Å². The average Bonchev–Trinajstić information content (AvgIpc) is 3.53. The minimum absolute atomic E-state index is 0.147. The van der Waals surface area contributed by atoms with E-state index in [2.05, 4.69) is 25.6 Å². The predicted molar refractivity (Wildman–Crippen MR) is 130 cm³/mol. The molecule has 34 heavy (non-hydrogen) atoms. The Labute approximate surface area is 199 Å². The van der Waals surface area contributed by atoms with Crippen molar-refractivity contribution in [1.82, 2.24) is 24.5 Å². The molecule has 0 radical (unpaired) electrons. The summed E-state index contributed by atoms with van der Waals surface area (Å²) in [5.41, 5.74) is 2.07. The number of rotatable bonds is 9. The van der Waals surface area contributed by atoms with Gasteiger partial charge in [-0.1, -0.05) is 44.2 Å². The van der Waals surface area contributed by atoms with Crippen molar-refractivity contribution in [1.29, 1.82) is 0 Å². The van der Waals surface area contributed by atoms with E-state index in [0.717, 1.165) is 37.2 Å². The summed E-state index contributed by atoms with van der Waals surface area (Å²) >= 11 is 0. The number of aromatic nitrogens is 4. The second-order valence-corrected chi connectivity index (χ2v) is 9.96. The highest BCUT2D eigenvalue weighted by Crippen LogP contribution is 2.32. The van der Waals surface area contributed by atoms with Crippen LogP contribution < -0.4 is 10.2 Å². The summed E-state index contributed by atoms with van der Waals surface area (Å²) in [6, 6.07) is 14.3. The van der Waals surface area contributed by atoms with Crippen molar-refractivity contribution < 1.29 is 13.2 Å². The number of benzene rings is 2. The quantitative estimate of drug-likeness (QED) is 0.498. The van der Waals surface area contributed by atoms with E-state index in [1.54, 1.807) is 32.0 Å². The minimum atomic E-state index is -3.66. The Balaban J connectivity index is 1.58. The number of nitrogens with zero attached hydrogens (tertiary/aromatic N) is 6. The molecule has 1 N–H and O–H groups in total. The number of anilines is 2. The number of sulfonamides is 1. The predicted octanol–water partition coefficient (Wildman–Crippen LogP) is 2.61. The molecule has 3 aromatic rings. The van der Waals surface area contributed by atoms with Gasteiger partial charge >= 0.3 is 0 Å². The third kappa shape index (κ3) is 5.10. The van der Waals surface area contributed by atoms with Crippen molar-refractivity contribution in [2.24, 2.45) is 0 Å². The molecular formula is C23H29N7O3S. The van der Waals surface area contributed by atoms with E-state index in [0.29, 0.717) is 24.6 Å². The number of carbonyl (C=O) groups is 1. The molecule has 0 bridgehead atoms. The Morgan fingerprint density at radius 2 is 1.76 bits per heavy atom. The van der Waals surface area contributed by atoms with Gasteiger partial charge < -0.3 is 10.2 Å². The summed E-state index contributed by atoms with van der Waals surface area (Å²) in [5, 5.41) is 15.2. The maximum Gasteiger partial charge on any atom is 0.248 e. The van der Waals surface area contributed by atoms with Crippen LogP contribution >= 0.6 is 0 Å². The standard InChI is InChI=1S/C23H29N7O3S/c1-3-29(4-2)34(32,33)19-12-13-21(28-14-8-9-15-28)20(16-19)24-22(31)17-30-26-23(25-27-30)18-10-6-5-7-11-18/h5-7,10-13,16H,3-4,8-9,14-15,17H2,1-2H3,(H,24,31). The average molecular weight is 484 g/mol. The van der Waals surface area contributed by atoms with E-state index >= 15 is 0 Å². The lowest BCUT2D eigenvalue weighted by molar-refractivity contribution is -0.117. The first kappa shape index (κ1) is 23.8. The molecule has 0 spiro atoms. The molecule has 0 aliphatic carbocycles. The second kappa shape index (κ2) is 10.3. The van der Waals surface area contributed by atoms with Gasteiger partial charge in [0.25, 0.3) is 0 Å². The third-order valence-electron chi connectivity index (χ3n) is 5.80. The number of tetrazole rings is 1. The second-order valence-electron chi connectivity index (χ2n) is 8.02. The molecule has 1 saturated heterocycles. The fourth-order valence-corrected chi connectivity index (χ4v) is 5.54. The van der Waals surface area contributed by atoms with Gasteiger partial charge in [0.1, 0.15) is 6.54 Å². The zero-order valence-electron chi connectivity index (χ0n) is 19.4. The monoisotopic (exact) mass is 483 g/mol. The molecule has 180 valence electrons. The molecule has 1 aliphatic rings. The summed E-state index contributed by atoms with van der Waals surface area (Å²) < 4.78 is 27.5. The largest absolute Gasteiger partial charge is 0.370 e. The molecule has 11 heteroatoms. The number of carbonyl (C=O) groups excluding carboxylic acids is 1. The van der Waals surface area contributed by atoms with E-state index in [9.17, 15) is 13.2 Å². The van der Waals surface area contributed by atoms with Crippen LogP contribution in [0.4, 0.5) is 11.4 Å². The van der Waals surface area contributed by atoms with E-state index in [-0.39, 0.29) is 17.3 Å². The number of hydrogen-bond donors (Lipinski definition) is 1. The van der Waals surface area contributed by atoms with E-state index in [1.165, 1.54) is 9.10 Å². The fraction of sp³-hybridized carbons (Fsp3) is 0.391. The van der Waals surface area contributed by atoms with E-state index < -0.39 is 10.0 Å². The van der Waals surface area contributed by atoms with Crippen LogP contribution in [0.2, 0.25) is 0 Å². The molecule has 0 unspecified atom stereocenters. The van der Waals surface area contributed by atoms with Crippen LogP contribution in [0, 0.1) is 0 Å². The Hall–Kier alpha value is -3.31. The fourth-order valence-electron chi connectivity index (χ4n) is 4.05. The van der Waals surface area contributed by atoms with Crippen LogP contribution in [0.15, 0.2) is 53.4 Å². The summed E-state index contributed by atoms with van der Waals surface area (Å²) in [6.45, 7) is 5.92. The Bertz CT molecular complexity index is 1230. The first-order chi connectivity index (χ1) is 16.4. The van der Waals surface area contributed by atoms with Gasteiger partial charge in [0.2, 0.25) is 21.8 Å². The first-order valence-corrected chi connectivity index (χ1v) is 12.9. The summed E-state index contributed by atoms with van der Waals surface area (Å²) in [7, 11) is -3.66. The molecule has 0 saturated carbocycles. The molecule has 1 aromatic heterocycles. The lowest BCUT2D eigenvalue weighted by Gasteiger charge is -2.24. The zero-order chi connectivity index (χ0) is 24.1. The van der Waals surface area contributed by atoms with Gasteiger partial charge in [0.05, 0.1) is 16.3 Å². The van der Waals surface area contributed by atoms with Crippen molar-refractivity contribution in [3.05, 3.63) is 48.5 Å². The Morgan fingerprint density at radius 1 is 1.06 bits per heavy atom. The summed E-state index contributed by atoms with van der Waals surface area (Å²) in [5.74, 6) is 0.0633. The smallest absolute Gasteiger partial charge is 0.248 e. The van der Waals surface area contributed by atoms with Crippen molar-refractivity contribution in [2.75, 3.05) is 36.4 Å². The minimum Gasteiger partial charge on any atom is -0.370 e. The molecule has 1 fully saturated rings. The van der Waals surface area contributed by atoms with Gasteiger partial charge in [0, 0.05) is 31.7 Å². The molecule has 2 heterocycles. The van der Waals surface area contributed by atoms with E-state index in [1.807, 2.05) is 30.3 Å². The molecule has 4 rings (SSSR count). The van der Waals surface area contributed by atoms with Gasteiger partial charge in [-0.15, -0.1) is 10.2 Å². The van der Waals surface area contributed by atoms with Crippen molar-refractivity contribution in [3.8, 4) is 11.4 Å². The van der Waals surface area contributed by atoms with E-state index in [4.69, 9.17) is 0 Å². The van der Waals surface area contributed by atoms with Crippen molar-refractivity contribution >= 4 is 27.3 Å². The molecule has 1 aliphatic heterocycles. The van der Waals surface area contributed by atoms with Gasteiger partial charge in [-0.3, -0.25) is 4.79 Å². The number of amides is 1. The van der Waals surface area contributed by atoms with Crippen LogP contribution in [-0.2, 0) is 21.4 Å². The summed E-state index contributed by atoms with van der Waals surface area (Å²) in [4.78, 5) is 16.4. The van der Waals surface area contributed by atoms with Crippen LogP contribution in [0.5, 0.6) is 0 Å². The lowest BCUT2D eigenvalue weighted by atomic mass is 10.2. The maximum absolute atomic E-state index is 13.1. The molecule has 0 atom stereocenters. The number of hydrogen-bond acceptors (Lipinski definition) is 7.